The summed E-state index contributed by atoms with van der Waals surface area (Å²) in [6.07, 6.45) is -4.80. The van der Waals surface area contributed by atoms with Crippen LogP contribution in [0.4, 0.5) is 0 Å². The quantitative estimate of drug-likeness (QED) is 0.206. The third-order valence-corrected chi connectivity index (χ3v) is 7.03. The van der Waals surface area contributed by atoms with E-state index in [1.54, 1.807) is 12.1 Å². The number of carbonyl (C=O) groups is 2. The SMILES string of the molecule is C[C@@]1(O)CC[C@@H]2C(C(=O)O)=CO[C@@H](O[C@H]3O[C@@H](CO)[C@@H](O)[C@@H](O)[C@H]3OC(=O)/C=C/c3ccc(O)cc3)[C@@H]21. The van der Waals surface area contributed by atoms with Gasteiger partial charge in [0.25, 0.3) is 0 Å². The Bertz CT molecular complexity index is 1050. The molecule has 1 saturated carbocycles. The van der Waals surface area contributed by atoms with Crippen LogP contribution in [0.2, 0.25) is 0 Å². The van der Waals surface area contributed by atoms with Gasteiger partial charge in [-0.15, -0.1) is 0 Å². The number of carboxylic acid groups (broad SMARTS) is 1. The first-order valence-electron chi connectivity index (χ1n) is 11.8. The van der Waals surface area contributed by atoms with E-state index in [0.717, 1.165) is 12.3 Å². The number of phenolic OH excluding ortho intramolecular Hbond substituents is 1. The number of aliphatic carboxylic acids is 1. The number of phenols is 1. The molecule has 0 spiro atoms. The topological polar surface area (TPSA) is 192 Å². The first-order valence-corrected chi connectivity index (χ1v) is 11.8. The third kappa shape index (κ3) is 5.64. The minimum atomic E-state index is -1.71. The number of carbonyl (C=O) groups excluding carboxylic acids is 1. The molecule has 0 unspecified atom stereocenters. The van der Waals surface area contributed by atoms with E-state index in [1.165, 1.54) is 25.1 Å². The number of carboxylic acids is 1. The summed E-state index contributed by atoms with van der Waals surface area (Å²) in [5.41, 5.74) is -0.792. The normalized spacial score (nSPS) is 37.5. The van der Waals surface area contributed by atoms with Crippen molar-refractivity contribution < 1.29 is 59.2 Å². The molecule has 1 aromatic rings. The van der Waals surface area contributed by atoms with Crippen LogP contribution in [0.1, 0.15) is 25.3 Å². The second-order valence-corrected chi connectivity index (χ2v) is 9.58. The molecule has 0 amide bonds. The van der Waals surface area contributed by atoms with Gasteiger partial charge in [-0.25, -0.2) is 9.59 Å². The lowest BCUT2D eigenvalue weighted by molar-refractivity contribution is -0.346. The van der Waals surface area contributed by atoms with E-state index < -0.39 is 73.0 Å². The zero-order valence-electron chi connectivity index (χ0n) is 19.9. The summed E-state index contributed by atoms with van der Waals surface area (Å²) in [4.78, 5) is 24.2. The van der Waals surface area contributed by atoms with Gasteiger partial charge in [0.15, 0.2) is 6.10 Å². The summed E-state index contributed by atoms with van der Waals surface area (Å²) in [6.45, 7) is 0.850. The number of aromatic hydroxyl groups is 1. The van der Waals surface area contributed by atoms with Crippen molar-refractivity contribution >= 4 is 18.0 Å². The van der Waals surface area contributed by atoms with Crippen LogP contribution in [-0.2, 0) is 28.5 Å². The summed E-state index contributed by atoms with van der Waals surface area (Å²) in [5, 5.41) is 60.4. The van der Waals surface area contributed by atoms with Gasteiger partial charge in [-0.05, 0) is 43.5 Å². The molecule has 2 fully saturated rings. The zero-order chi connectivity index (χ0) is 26.9. The van der Waals surface area contributed by atoms with Crippen molar-refractivity contribution in [1.29, 1.82) is 0 Å². The molecule has 12 nitrogen and oxygen atoms in total. The molecule has 2 aliphatic heterocycles. The van der Waals surface area contributed by atoms with E-state index in [2.05, 4.69) is 0 Å². The first-order chi connectivity index (χ1) is 17.5. The Morgan fingerprint density at radius 3 is 2.51 bits per heavy atom. The number of rotatable bonds is 7. The molecular weight excluding hydrogens is 492 g/mol. The molecular formula is C25H30O12. The van der Waals surface area contributed by atoms with E-state index in [-0.39, 0.29) is 17.7 Å². The molecule has 1 saturated heterocycles. The van der Waals surface area contributed by atoms with Crippen molar-refractivity contribution in [1.82, 2.24) is 0 Å². The number of benzene rings is 1. The molecule has 202 valence electrons. The number of aliphatic hydroxyl groups is 4. The van der Waals surface area contributed by atoms with Crippen molar-refractivity contribution in [3.8, 4) is 5.75 Å². The molecule has 1 aromatic carbocycles. The lowest BCUT2D eigenvalue weighted by Gasteiger charge is -2.44. The van der Waals surface area contributed by atoms with E-state index in [9.17, 15) is 40.2 Å². The van der Waals surface area contributed by atoms with E-state index in [4.69, 9.17) is 18.9 Å². The summed E-state index contributed by atoms with van der Waals surface area (Å²) < 4.78 is 22.3. The maximum absolute atomic E-state index is 12.5. The number of fused-ring (bicyclic) bond motifs is 1. The van der Waals surface area contributed by atoms with Gasteiger partial charge in [0, 0.05) is 12.0 Å². The van der Waals surface area contributed by atoms with E-state index in [1.807, 2.05) is 0 Å². The maximum Gasteiger partial charge on any atom is 0.334 e. The monoisotopic (exact) mass is 522 g/mol. The van der Waals surface area contributed by atoms with Crippen LogP contribution in [0.25, 0.3) is 6.08 Å². The second-order valence-electron chi connectivity index (χ2n) is 9.58. The minimum absolute atomic E-state index is 0.0155. The highest BCUT2D eigenvalue weighted by atomic mass is 16.8. The highest BCUT2D eigenvalue weighted by molar-refractivity contribution is 5.87. The Morgan fingerprint density at radius 2 is 1.86 bits per heavy atom. The van der Waals surface area contributed by atoms with Crippen LogP contribution in [0, 0.1) is 11.8 Å². The molecule has 0 radical (unpaired) electrons. The minimum Gasteiger partial charge on any atom is -0.508 e. The largest absolute Gasteiger partial charge is 0.508 e. The third-order valence-electron chi connectivity index (χ3n) is 7.03. The molecule has 9 atom stereocenters. The molecule has 1 aliphatic carbocycles. The Balaban J connectivity index is 1.55. The zero-order valence-corrected chi connectivity index (χ0v) is 19.9. The Hall–Kier alpha value is -3.00. The smallest absolute Gasteiger partial charge is 0.334 e. The van der Waals surface area contributed by atoms with Crippen LogP contribution in [0.5, 0.6) is 5.75 Å². The number of ether oxygens (including phenoxy) is 4. The molecule has 12 heteroatoms. The second kappa shape index (κ2) is 10.8. The van der Waals surface area contributed by atoms with Crippen molar-refractivity contribution in [3.63, 3.8) is 0 Å². The number of hydrogen-bond acceptors (Lipinski definition) is 11. The van der Waals surface area contributed by atoms with Crippen molar-refractivity contribution in [3.05, 3.63) is 47.7 Å². The fourth-order valence-corrected chi connectivity index (χ4v) is 5.04. The Kier molecular flexibility index (Phi) is 7.88. The Labute approximate surface area is 212 Å². The molecule has 37 heavy (non-hydrogen) atoms. The van der Waals surface area contributed by atoms with Gasteiger partial charge in [0.2, 0.25) is 12.6 Å². The standard InChI is InChI=1S/C25H30O12/c1-25(33)9-8-14-15(22(31)32)11-34-23(18(14)25)37-24-21(20(30)19(29)16(10-26)35-24)36-17(28)7-4-12-2-5-13(27)6-3-12/h2-7,11,14,16,18-21,23-24,26-27,29-30,33H,8-10H2,1H3,(H,31,32)/b7-4+/t14-,16+,18-,19-,20-,21-,23+,24-,25-/m1/s1. The first kappa shape index (κ1) is 27.0. The van der Waals surface area contributed by atoms with E-state index >= 15 is 0 Å². The lowest BCUT2D eigenvalue weighted by atomic mass is 9.81. The van der Waals surface area contributed by atoms with Gasteiger partial charge in [-0.1, -0.05) is 12.1 Å². The predicted molar refractivity (Wildman–Crippen MR) is 123 cm³/mol. The van der Waals surface area contributed by atoms with Crippen LogP contribution in [-0.4, -0.2) is 91.8 Å². The van der Waals surface area contributed by atoms with Crippen LogP contribution in [0.3, 0.4) is 0 Å². The van der Waals surface area contributed by atoms with Crippen LogP contribution < -0.4 is 0 Å². The van der Waals surface area contributed by atoms with Crippen molar-refractivity contribution in [2.75, 3.05) is 6.61 Å². The molecule has 0 bridgehead atoms. The highest BCUT2D eigenvalue weighted by Crippen LogP contribution is 2.49. The van der Waals surface area contributed by atoms with Gasteiger partial charge >= 0.3 is 11.9 Å². The summed E-state index contributed by atoms with van der Waals surface area (Å²) >= 11 is 0. The van der Waals surface area contributed by atoms with Crippen LogP contribution in [0.15, 0.2) is 42.2 Å². The number of esters is 1. The average molecular weight is 523 g/mol. The molecule has 2 heterocycles. The maximum atomic E-state index is 12.5. The highest BCUT2D eigenvalue weighted by Gasteiger charge is 2.56. The summed E-state index contributed by atoms with van der Waals surface area (Å²) in [7, 11) is 0. The number of aliphatic hydroxyl groups excluding tert-OH is 3. The van der Waals surface area contributed by atoms with Crippen molar-refractivity contribution in [2.24, 2.45) is 11.8 Å². The van der Waals surface area contributed by atoms with Crippen molar-refractivity contribution in [2.45, 2.75) is 62.4 Å². The summed E-state index contributed by atoms with van der Waals surface area (Å²) in [6, 6.07) is 5.97. The van der Waals surface area contributed by atoms with Gasteiger partial charge in [0.1, 0.15) is 24.1 Å². The van der Waals surface area contributed by atoms with Crippen LogP contribution >= 0.6 is 0 Å². The average Bonchev–Trinajstić information content (AvgIpc) is 3.18. The lowest BCUT2D eigenvalue weighted by Crippen LogP contribution is -2.61. The molecule has 0 aromatic heterocycles. The Morgan fingerprint density at radius 1 is 1.16 bits per heavy atom. The van der Waals surface area contributed by atoms with Gasteiger partial charge in [-0.2, -0.15) is 0 Å². The van der Waals surface area contributed by atoms with Gasteiger partial charge < -0.3 is 49.6 Å². The molecule has 3 aliphatic rings. The van der Waals surface area contributed by atoms with Gasteiger partial charge in [-0.3, -0.25) is 0 Å². The predicted octanol–water partition coefficient (Wildman–Crippen LogP) is -0.125. The number of hydrogen-bond donors (Lipinski definition) is 6. The molecule has 4 rings (SSSR count). The van der Waals surface area contributed by atoms with E-state index in [0.29, 0.717) is 12.0 Å². The fraction of sp³-hybridized carbons (Fsp3) is 0.520. The van der Waals surface area contributed by atoms with Gasteiger partial charge in [0.05, 0.1) is 30.0 Å². The molecule has 6 N–H and O–H groups in total. The summed E-state index contributed by atoms with van der Waals surface area (Å²) in [5.74, 6) is -3.46. The fourth-order valence-electron chi connectivity index (χ4n) is 5.04.